The molecule has 3 rings (SSSR count). The van der Waals surface area contributed by atoms with E-state index in [9.17, 15) is 4.79 Å². The molecule has 1 amide bonds. The van der Waals surface area contributed by atoms with E-state index in [2.05, 4.69) is 5.32 Å². The monoisotopic (exact) mass is 355 g/mol. The molecule has 2 aromatic rings. The van der Waals surface area contributed by atoms with E-state index in [1.165, 1.54) is 4.90 Å². The molecular formula is C20H21NO3S. The molecule has 1 N–H and O–H groups in total. The van der Waals surface area contributed by atoms with Crippen molar-refractivity contribution in [3.05, 3.63) is 59.7 Å². The third-order valence-corrected chi connectivity index (χ3v) is 4.57. The maximum atomic E-state index is 12.0. The Kier molecular flexibility index (Phi) is 6.01. The van der Waals surface area contributed by atoms with Crippen LogP contribution in [0.25, 0.3) is 6.08 Å². The molecule has 0 spiro atoms. The van der Waals surface area contributed by atoms with Gasteiger partial charge in [0.25, 0.3) is 0 Å². The number of ether oxygens (including phenoxy) is 2. The van der Waals surface area contributed by atoms with Gasteiger partial charge in [-0.15, -0.1) is 11.8 Å². The fourth-order valence-corrected chi connectivity index (χ4v) is 2.86. The Labute approximate surface area is 152 Å². The van der Waals surface area contributed by atoms with Gasteiger partial charge in [0.1, 0.15) is 0 Å². The van der Waals surface area contributed by atoms with Crippen molar-refractivity contribution in [2.75, 3.05) is 19.5 Å². The van der Waals surface area contributed by atoms with Crippen molar-refractivity contribution in [2.45, 2.75) is 17.9 Å². The summed E-state index contributed by atoms with van der Waals surface area (Å²) in [6, 6.07) is 13.8. The van der Waals surface area contributed by atoms with Crippen LogP contribution in [-0.4, -0.2) is 25.4 Å². The van der Waals surface area contributed by atoms with Crippen LogP contribution in [0.15, 0.2) is 53.4 Å². The number of rotatable bonds is 5. The predicted molar refractivity (Wildman–Crippen MR) is 101 cm³/mol. The first-order chi connectivity index (χ1) is 12.2. The molecule has 0 saturated carbocycles. The summed E-state index contributed by atoms with van der Waals surface area (Å²) in [5.74, 6) is 1.39. The smallest absolute Gasteiger partial charge is 0.244 e. The number of benzene rings is 2. The molecule has 130 valence electrons. The molecule has 2 aromatic carbocycles. The van der Waals surface area contributed by atoms with E-state index in [0.29, 0.717) is 19.8 Å². The van der Waals surface area contributed by atoms with Gasteiger partial charge in [-0.25, -0.2) is 0 Å². The highest BCUT2D eigenvalue weighted by atomic mass is 32.2. The van der Waals surface area contributed by atoms with E-state index >= 15 is 0 Å². The molecule has 1 heterocycles. The van der Waals surface area contributed by atoms with Gasteiger partial charge in [-0.1, -0.05) is 18.2 Å². The number of fused-ring (bicyclic) bond motifs is 1. The molecule has 0 bridgehead atoms. The number of hydrogen-bond acceptors (Lipinski definition) is 4. The van der Waals surface area contributed by atoms with Crippen molar-refractivity contribution in [1.82, 2.24) is 5.32 Å². The maximum absolute atomic E-state index is 12.0. The largest absolute Gasteiger partial charge is 0.490 e. The summed E-state index contributed by atoms with van der Waals surface area (Å²) in [6.45, 7) is 1.78. The molecule has 0 unspecified atom stereocenters. The van der Waals surface area contributed by atoms with Crippen LogP contribution >= 0.6 is 11.8 Å². The lowest BCUT2D eigenvalue weighted by atomic mass is 10.2. The maximum Gasteiger partial charge on any atom is 0.244 e. The highest BCUT2D eigenvalue weighted by Gasteiger charge is 2.10. The average molecular weight is 355 g/mol. The van der Waals surface area contributed by atoms with Crippen LogP contribution in [0.5, 0.6) is 11.5 Å². The third-order valence-electron chi connectivity index (χ3n) is 3.82. The molecule has 0 fully saturated rings. The fourth-order valence-electron chi connectivity index (χ4n) is 2.45. The van der Waals surface area contributed by atoms with Gasteiger partial charge in [-0.05, 0) is 47.7 Å². The molecule has 0 aromatic heterocycles. The van der Waals surface area contributed by atoms with Gasteiger partial charge in [0, 0.05) is 23.9 Å². The van der Waals surface area contributed by atoms with Gasteiger partial charge in [0.2, 0.25) is 5.91 Å². The third kappa shape index (κ3) is 5.03. The predicted octanol–water partition coefficient (Wildman–Crippen LogP) is 3.90. The van der Waals surface area contributed by atoms with Crippen molar-refractivity contribution < 1.29 is 14.3 Å². The molecule has 25 heavy (non-hydrogen) atoms. The minimum atomic E-state index is -0.124. The van der Waals surface area contributed by atoms with Gasteiger partial charge >= 0.3 is 0 Å². The highest BCUT2D eigenvalue weighted by molar-refractivity contribution is 7.98. The SMILES string of the molecule is CSc1ccc(/C=C/C(=O)NCc2ccc3c(c2)OCCCO3)cc1. The van der Waals surface area contributed by atoms with E-state index in [0.717, 1.165) is 29.0 Å². The van der Waals surface area contributed by atoms with E-state index in [4.69, 9.17) is 9.47 Å². The van der Waals surface area contributed by atoms with Crippen molar-refractivity contribution in [2.24, 2.45) is 0 Å². The zero-order chi connectivity index (χ0) is 17.5. The Hall–Kier alpha value is -2.40. The normalized spacial score (nSPS) is 13.5. The molecule has 1 aliphatic heterocycles. The number of carbonyl (C=O) groups is 1. The van der Waals surface area contributed by atoms with Crippen LogP contribution < -0.4 is 14.8 Å². The second-order valence-electron chi connectivity index (χ2n) is 5.66. The summed E-state index contributed by atoms with van der Waals surface area (Å²) in [5.41, 5.74) is 1.99. The average Bonchev–Trinajstić information content (AvgIpc) is 2.90. The number of thioether (sulfide) groups is 1. The van der Waals surface area contributed by atoms with Gasteiger partial charge in [-0.3, -0.25) is 4.79 Å². The second-order valence-corrected chi connectivity index (χ2v) is 6.54. The van der Waals surface area contributed by atoms with Crippen molar-refractivity contribution in [3.63, 3.8) is 0 Å². The van der Waals surface area contributed by atoms with Crippen LogP contribution in [0.4, 0.5) is 0 Å². The zero-order valence-corrected chi connectivity index (χ0v) is 15.0. The van der Waals surface area contributed by atoms with Gasteiger partial charge in [0.05, 0.1) is 13.2 Å². The fraction of sp³-hybridized carbons (Fsp3) is 0.250. The number of carbonyl (C=O) groups excluding carboxylic acids is 1. The summed E-state index contributed by atoms with van der Waals surface area (Å²) in [7, 11) is 0. The molecule has 4 nitrogen and oxygen atoms in total. The van der Waals surface area contributed by atoms with Crippen LogP contribution in [0.3, 0.4) is 0 Å². The van der Waals surface area contributed by atoms with Crippen LogP contribution in [-0.2, 0) is 11.3 Å². The summed E-state index contributed by atoms with van der Waals surface area (Å²) >= 11 is 1.70. The lowest BCUT2D eigenvalue weighted by Gasteiger charge is -2.09. The van der Waals surface area contributed by atoms with Crippen molar-refractivity contribution >= 4 is 23.7 Å². The summed E-state index contributed by atoms with van der Waals surface area (Å²) in [6.07, 6.45) is 6.28. The zero-order valence-electron chi connectivity index (χ0n) is 14.2. The van der Waals surface area contributed by atoms with Gasteiger partial charge in [-0.2, -0.15) is 0 Å². The summed E-state index contributed by atoms with van der Waals surface area (Å²) < 4.78 is 11.3. The van der Waals surface area contributed by atoms with Crippen LogP contribution in [0.1, 0.15) is 17.5 Å². The summed E-state index contributed by atoms with van der Waals surface area (Å²) in [4.78, 5) is 13.2. The first-order valence-electron chi connectivity index (χ1n) is 8.23. The van der Waals surface area contributed by atoms with E-state index < -0.39 is 0 Å². The van der Waals surface area contributed by atoms with Gasteiger partial charge in [0.15, 0.2) is 11.5 Å². The number of hydrogen-bond donors (Lipinski definition) is 1. The van der Waals surface area contributed by atoms with Crippen molar-refractivity contribution in [1.29, 1.82) is 0 Å². The molecule has 0 radical (unpaired) electrons. The Bertz CT molecular complexity index is 756. The number of amides is 1. The summed E-state index contributed by atoms with van der Waals surface area (Å²) in [5, 5.41) is 2.89. The second kappa shape index (κ2) is 8.62. The molecular weight excluding hydrogens is 334 g/mol. The molecule has 0 saturated heterocycles. The Morgan fingerprint density at radius 2 is 1.88 bits per heavy atom. The topological polar surface area (TPSA) is 47.6 Å². The van der Waals surface area contributed by atoms with Crippen LogP contribution in [0.2, 0.25) is 0 Å². The van der Waals surface area contributed by atoms with Crippen molar-refractivity contribution in [3.8, 4) is 11.5 Å². The van der Waals surface area contributed by atoms with Gasteiger partial charge < -0.3 is 14.8 Å². The molecule has 0 atom stereocenters. The van der Waals surface area contributed by atoms with E-state index in [1.807, 2.05) is 54.8 Å². The van der Waals surface area contributed by atoms with E-state index in [1.54, 1.807) is 17.8 Å². The molecule has 5 heteroatoms. The highest BCUT2D eigenvalue weighted by Crippen LogP contribution is 2.30. The first kappa shape index (κ1) is 17.4. The molecule has 0 aliphatic carbocycles. The quantitative estimate of drug-likeness (QED) is 0.653. The minimum Gasteiger partial charge on any atom is -0.490 e. The Morgan fingerprint density at radius 1 is 1.12 bits per heavy atom. The lowest BCUT2D eigenvalue weighted by Crippen LogP contribution is -2.20. The minimum absolute atomic E-state index is 0.124. The first-order valence-corrected chi connectivity index (χ1v) is 9.45. The molecule has 1 aliphatic rings. The van der Waals surface area contributed by atoms with E-state index in [-0.39, 0.29) is 5.91 Å². The standard InChI is InChI=1S/C20H21NO3S/c1-25-17-7-3-15(4-8-17)6-10-20(22)21-14-16-5-9-18-19(13-16)24-12-2-11-23-18/h3-10,13H,2,11-12,14H2,1H3,(H,21,22)/b10-6+. The van der Waals surface area contributed by atoms with Crippen LogP contribution in [0, 0.1) is 0 Å². The number of nitrogens with one attached hydrogen (secondary N) is 1. The lowest BCUT2D eigenvalue weighted by molar-refractivity contribution is -0.116. The Morgan fingerprint density at radius 3 is 2.64 bits per heavy atom. The Balaban J connectivity index is 1.54.